The van der Waals surface area contributed by atoms with Crippen molar-refractivity contribution in [2.75, 3.05) is 4.90 Å². The fourth-order valence-corrected chi connectivity index (χ4v) is 9.50. The molecule has 0 spiro atoms. The lowest BCUT2D eigenvalue weighted by atomic mass is 9.75. The molecule has 0 radical (unpaired) electrons. The quantitative estimate of drug-likeness (QED) is 0.176. The molecule has 0 amide bonds. The maximum absolute atomic E-state index is 7.10. The lowest BCUT2D eigenvalue weighted by Gasteiger charge is -2.36. The predicted octanol–water partition coefficient (Wildman–Crippen LogP) is 15.1. The van der Waals surface area contributed by atoms with Gasteiger partial charge in [0.2, 0.25) is 0 Å². The zero-order valence-corrected chi connectivity index (χ0v) is 32.5. The Kier molecular flexibility index (Phi) is 7.25. The first-order chi connectivity index (χ1) is 27.8. The zero-order valence-electron chi connectivity index (χ0n) is 32.5. The second kappa shape index (κ2) is 12.3. The summed E-state index contributed by atoms with van der Waals surface area (Å²) in [4.78, 5) is 2.41. The van der Waals surface area contributed by atoms with E-state index in [4.69, 9.17) is 9.15 Å². The number of ether oxygens (including phenoxy) is 1. The van der Waals surface area contributed by atoms with Crippen LogP contribution in [0.2, 0.25) is 0 Å². The average molecular weight is 736 g/mol. The van der Waals surface area contributed by atoms with E-state index >= 15 is 0 Å². The maximum atomic E-state index is 7.10. The van der Waals surface area contributed by atoms with Crippen molar-refractivity contribution in [2.24, 2.45) is 0 Å². The monoisotopic (exact) mass is 735 g/mol. The fourth-order valence-electron chi connectivity index (χ4n) is 9.50. The Labute approximate surface area is 333 Å². The van der Waals surface area contributed by atoms with Crippen LogP contribution in [0.4, 0.5) is 17.1 Å². The Balaban J connectivity index is 1.14. The first kappa shape index (κ1) is 33.5. The van der Waals surface area contributed by atoms with Crippen molar-refractivity contribution < 1.29 is 9.15 Å². The van der Waals surface area contributed by atoms with Gasteiger partial charge in [0, 0.05) is 50.5 Å². The Morgan fingerprint density at radius 2 is 1.00 bits per heavy atom. The summed E-state index contributed by atoms with van der Waals surface area (Å²) >= 11 is 0. The minimum atomic E-state index is -0.310. The van der Waals surface area contributed by atoms with Gasteiger partial charge in [-0.05, 0) is 93.0 Å². The number of nitrogens with zero attached hydrogens (tertiary/aromatic N) is 1. The Bertz CT molecular complexity index is 2990. The number of fused-ring (bicyclic) bond motifs is 9. The van der Waals surface area contributed by atoms with E-state index in [-0.39, 0.29) is 10.8 Å². The summed E-state index contributed by atoms with van der Waals surface area (Å²) in [5.41, 5.74) is 16.7. The summed E-state index contributed by atoms with van der Waals surface area (Å²) in [6.45, 7) is 9.30. The topological polar surface area (TPSA) is 25.6 Å². The van der Waals surface area contributed by atoms with E-state index in [9.17, 15) is 0 Å². The molecule has 2 heterocycles. The van der Waals surface area contributed by atoms with Crippen molar-refractivity contribution >= 4 is 39.0 Å². The van der Waals surface area contributed by atoms with E-state index in [0.29, 0.717) is 0 Å². The van der Waals surface area contributed by atoms with Gasteiger partial charge in [0.05, 0.1) is 5.39 Å². The van der Waals surface area contributed by atoms with Crippen LogP contribution in [0.5, 0.6) is 11.5 Å². The van der Waals surface area contributed by atoms with E-state index in [1.807, 2.05) is 12.1 Å². The van der Waals surface area contributed by atoms with Gasteiger partial charge in [-0.15, -0.1) is 0 Å². The zero-order chi connectivity index (χ0) is 38.5. The van der Waals surface area contributed by atoms with E-state index in [1.165, 1.54) is 33.4 Å². The highest BCUT2D eigenvalue weighted by Gasteiger charge is 2.38. The van der Waals surface area contributed by atoms with Crippen molar-refractivity contribution in [3.05, 3.63) is 198 Å². The van der Waals surface area contributed by atoms with Crippen molar-refractivity contribution in [1.29, 1.82) is 0 Å². The highest BCUT2D eigenvalue weighted by Crippen LogP contribution is 2.55. The van der Waals surface area contributed by atoms with E-state index in [0.717, 1.165) is 72.8 Å². The maximum Gasteiger partial charge on any atom is 0.143 e. The second-order valence-corrected chi connectivity index (χ2v) is 16.6. The SMILES string of the molecule is CC1(C)c2ccccc2-c2ccc(N(c3cc(-c4ccccc4)cc(-c4ccccc4)c3)c3ccc4c(c3)Oc3c(ccc5oc6ccccc6c35)C4(C)C)cc21. The molecule has 8 aromatic carbocycles. The van der Waals surface area contributed by atoms with Gasteiger partial charge in [-0.3, -0.25) is 0 Å². The minimum Gasteiger partial charge on any atom is -0.456 e. The normalized spacial score (nSPS) is 14.4. The number of rotatable bonds is 5. The van der Waals surface area contributed by atoms with Gasteiger partial charge in [-0.1, -0.05) is 149 Å². The number of furan rings is 1. The third kappa shape index (κ3) is 5.12. The van der Waals surface area contributed by atoms with E-state index < -0.39 is 0 Å². The number of para-hydroxylation sites is 1. The number of hydrogen-bond acceptors (Lipinski definition) is 3. The van der Waals surface area contributed by atoms with Gasteiger partial charge in [0.25, 0.3) is 0 Å². The summed E-state index contributed by atoms with van der Waals surface area (Å²) in [5, 5.41) is 2.09. The lowest BCUT2D eigenvalue weighted by molar-refractivity contribution is 0.423. The van der Waals surface area contributed by atoms with Crippen LogP contribution in [0, 0.1) is 0 Å². The molecule has 274 valence electrons. The first-order valence-corrected chi connectivity index (χ1v) is 19.8. The molecule has 0 saturated carbocycles. The van der Waals surface area contributed by atoms with Crippen LogP contribution in [0.25, 0.3) is 55.3 Å². The third-order valence-electron chi connectivity index (χ3n) is 12.5. The van der Waals surface area contributed by atoms with Gasteiger partial charge in [0.1, 0.15) is 22.7 Å². The average Bonchev–Trinajstić information content (AvgIpc) is 3.73. The van der Waals surface area contributed by atoms with Crippen LogP contribution in [-0.2, 0) is 10.8 Å². The van der Waals surface area contributed by atoms with Crippen molar-refractivity contribution in [1.82, 2.24) is 0 Å². The summed E-state index contributed by atoms with van der Waals surface area (Å²) in [5.74, 6) is 1.72. The van der Waals surface area contributed by atoms with Crippen LogP contribution in [-0.4, -0.2) is 0 Å². The standard InChI is InChI=1S/C54H41NO2/c1-53(2)44-21-13-11-19-41(44)42-25-23-38(32-47(42)53)55(40-30-36(34-15-7-5-8-16-34)29-37(31-40)35-17-9-6-10-18-35)39-24-26-45-50(33-39)57-52-46(54(45,3)4)27-28-49-51(52)43-20-12-14-22-48(43)56-49/h5-33H,1-4H3. The molecule has 3 heteroatoms. The first-order valence-electron chi connectivity index (χ1n) is 19.8. The third-order valence-corrected chi connectivity index (χ3v) is 12.5. The van der Waals surface area contributed by atoms with Gasteiger partial charge in [-0.2, -0.15) is 0 Å². The molecule has 0 bridgehead atoms. The molecule has 0 atom stereocenters. The van der Waals surface area contributed by atoms with Gasteiger partial charge >= 0.3 is 0 Å². The molecule has 1 aromatic heterocycles. The van der Waals surface area contributed by atoms with Crippen molar-refractivity contribution in [2.45, 2.75) is 38.5 Å². The summed E-state index contributed by atoms with van der Waals surface area (Å²) in [7, 11) is 0. The Morgan fingerprint density at radius 1 is 0.404 bits per heavy atom. The summed E-state index contributed by atoms with van der Waals surface area (Å²) < 4.78 is 13.4. The number of benzene rings is 8. The van der Waals surface area contributed by atoms with Gasteiger partial charge in [0.15, 0.2) is 0 Å². The molecule has 1 aliphatic carbocycles. The fraction of sp³-hybridized carbons (Fsp3) is 0.111. The molecular weight excluding hydrogens is 695 g/mol. The molecule has 0 saturated heterocycles. The Hall–Kier alpha value is -6.84. The molecule has 0 N–H and O–H groups in total. The largest absolute Gasteiger partial charge is 0.456 e. The summed E-state index contributed by atoms with van der Waals surface area (Å²) in [6.07, 6.45) is 0. The summed E-state index contributed by atoms with van der Waals surface area (Å²) in [6, 6.07) is 63.5. The number of hydrogen-bond donors (Lipinski definition) is 0. The second-order valence-electron chi connectivity index (χ2n) is 16.6. The van der Waals surface area contributed by atoms with E-state index in [1.54, 1.807) is 0 Å². The molecule has 2 aliphatic rings. The van der Waals surface area contributed by atoms with Gasteiger partial charge in [-0.25, -0.2) is 0 Å². The van der Waals surface area contributed by atoms with Crippen LogP contribution in [0.1, 0.15) is 49.9 Å². The number of anilines is 3. The van der Waals surface area contributed by atoms with Gasteiger partial charge < -0.3 is 14.1 Å². The highest BCUT2D eigenvalue weighted by atomic mass is 16.5. The Morgan fingerprint density at radius 3 is 1.75 bits per heavy atom. The van der Waals surface area contributed by atoms with Crippen LogP contribution < -0.4 is 9.64 Å². The van der Waals surface area contributed by atoms with Crippen molar-refractivity contribution in [3.8, 4) is 44.9 Å². The molecule has 3 nitrogen and oxygen atoms in total. The van der Waals surface area contributed by atoms with Crippen LogP contribution >= 0.6 is 0 Å². The van der Waals surface area contributed by atoms with Crippen LogP contribution in [0.3, 0.4) is 0 Å². The highest BCUT2D eigenvalue weighted by molar-refractivity contribution is 6.09. The van der Waals surface area contributed by atoms with E-state index in [2.05, 4.69) is 196 Å². The molecule has 0 unspecified atom stereocenters. The lowest BCUT2D eigenvalue weighted by Crippen LogP contribution is -2.24. The van der Waals surface area contributed by atoms with Crippen molar-refractivity contribution in [3.63, 3.8) is 0 Å². The molecule has 11 rings (SSSR count). The molecule has 1 aliphatic heterocycles. The predicted molar refractivity (Wildman–Crippen MR) is 235 cm³/mol. The molecule has 9 aromatic rings. The van der Waals surface area contributed by atoms with Crippen LogP contribution in [0.15, 0.2) is 180 Å². The molecule has 57 heavy (non-hydrogen) atoms. The molecular formula is C54H41NO2. The molecule has 0 fully saturated rings. The minimum absolute atomic E-state index is 0.153. The smallest absolute Gasteiger partial charge is 0.143 e.